The number of amidine groups is 1. The highest BCUT2D eigenvalue weighted by Crippen LogP contribution is 2.37. The number of rotatable bonds is 3. The zero-order chi connectivity index (χ0) is 18.5. The topological polar surface area (TPSA) is 88.7 Å². The van der Waals surface area contributed by atoms with Crippen molar-refractivity contribution < 1.29 is 18.7 Å². The highest BCUT2D eigenvalue weighted by Gasteiger charge is 2.36. The van der Waals surface area contributed by atoms with Crippen LogP contribution >= 0.6 is 0 Å². The van der Waals surface area contributed by atoms with E-state index < -0.39 is 0 Å². The summed E-state index contributed by atoms with van der Waals surface area (Å²) in [5.74, 6) is 2.70. The number of nitrogens with zero attached hydrogens (tertiary/aromatic N) is 3. The van der Waals surface area contributed by atoms with Crippen molar-refractivity contribution >= 4 is 29.7 Å². The van der Waals surface area contributed by atoms with Gasteiger partial charge in [0.25, 0.3) is 5.91 Å². The van der Waals surface area contributed by atoms with Crippen molar-refractivity contribution in [3.05, 3.63) is 35.1 Å². The van der Waals surface area contributed by atoms with E-state index in [1.54, 1.807) is 31.5 Å². The fraction of sp³-hybridized carbons (Fsp3) is 0.316. The summed E-state index contributed by atoms with van der Waals surface area (Å²) in [6, 6.07) is 5.48. The van der Waals surface area contributed by atoms with Gasteiger partial charge < -0.3 is 24.1 Å². The van der Waals surface area contributed by atoms with E-state index in [9.17, 15) is 4.79 Å². The molecule has 8 heteroatoms. The zero-order valence-corrected chi connectivity index (χ0v) is 15.0. The molecule has 1 amide bonds. The van der Waals surface area contributed by atoms with Gasteiger partial charge in [-0.15, -0.1) is 0 Å². The van der Waals surface area contributed by atoms with Gasteiger partial charge in [-0.25, -0.2) is 4.99 Å². The second kappa shape index (κ2) is 5.87. The lowest BCUT2D eigenvalue weighted by molar-refractivity contribution is 0.102. The van der Waals surface area contributed by atoms with Crippen LogP contribution in [0.15, 0.2) is 32.6 Å². The lowest BCUT2D eigenvalue weighted by Gasteiger charge is -2.18. The Morgan fingerprint density at radius 3 is 3.04 bits per heavy atom. The van der Waals surface area contributed by atoms with Crippen molar-refractivity contribution in [2.45, 2.75) is 26.3 Å². The van der Waals surface area contributed by atoms with Crippen LogP contribution in [0.4, 0.5) is 11.6 Å². The van der Waals surface area contributed by atoms with Gasteiger partial charge in [-0.05, 0) is 25.5 Å². The molecule has 0 aliphatic carbocycles. The van der Waals surface area contributed by atoms with Crippen molar-refractivity contribution in [3.63, 3.8) is 0 Å². The number of aryl methyl sites for hydroxylation is 1. The molecule has 0 saturated carbocycles. The maximum Gasteiger partial charge on any atom is 0.260 e. The molecule has 4 heterocycles. The van der Waals surface area contributed by atoms with Gasteiger partial charge in [0.15, 0.2) is 11.5 Å². The van der Waals surface area contributed by atoms with E-state index in [1.165, 1.54) is 0 Å². The summed E-state index contributed by atoms with van der Waals surface area (Å²) in [5.41, 5.74) is 1.73. The summed E-state index contributed by atoms with van der Waals surface area (Å²) in [6.45, 7) is 4.81. The number of nitrogens with one attached hydrogen (secondary N) is 1. The SMILES string of the molecule is CC[C@@H]1CN2C=Nc3oc(C)c(C(=O)Nc4ccc5c(c4)OCO5)c3C2=N1. The fourth-order valence-electron chi connectivity index (χ4n) is 3.52. The smallest absolute Gasteiger partial charge is 0.260 e. The molecule has 3 aliphatic heterocycles. The van der Waals surface area contributed by atoms with Crippen LogP contribution < -0.4 is 14.8 Å². The summed E-state index contributed by atoms with van der Waals surface area (Å²) in [7, 11) is 0. The van der Waals surface area contributed by atoms with E-state index >= 15 is 0 Å². The largest absolute Gasteiger partial charge is 0.454 e. The van der Waals surface area contributed by atoms with Crippen LogP contribution in [-0.4, -0.2) is 42.4 Å². The second-order valence-corrected chi connectivity index (χ2v) is 6.65. The van der Waals surface area contributed by atoms with Gasteiger partial charge in [0.1, 0.15) is 17.9 Å². The molecule has 1 N–H and O–H groups in total. The Bertz CT molecular complexity index is 1010. The summed E-state index contributed by atoms with van der Waals surface area (Å²) >= 11 is 0. The van der Waals surface area contributed by atoms with Gasteiger partial charge in [0, 0.05) is 18.3 Å². The Labute approximate surface area is 155 Å². The number of hydrogen-bond acceptors (Lipinski definition) is 7. The molecule has 3 aliphatic rings. The van der Waals surface area contributed by atoms with Gasteiger partial charge in [-0.1, -0.05) is 6.92 Å². The van der Waals surface area contributed by atoms with E-state index in [1.807, 2.05) is 4.90 Å². The molecule has 138 valence electrons. The zero-order valence-electron chi connectivity index (χ0n) is 15.0. The molecular weight excluding hydrogens is 348 g/mol. The number of hydrogen-bond donors (Lipinski definition) is 1. The van der Waals surface area contributed by atoms with Crippen molar-refractivity contribution in [2.24, 2.45) is 9.98 Å². The number of ether oxygens (including phenoxy) is 2. The number of furan rings is 1. The van der Waals surface area contributed by atoms with Gasteiger partial charge in [-0.2, -0.15) is 0 Å². The summed E-state index contributed by atoms with van der Waals surface area (Å²) < 4.78 is 16.4. The Kier molecular flexibility index (Phi) is 3.46. The predicted molar refractivity (Wildman–Crippen MR) is 99.4 cm³/mol. The fourth-order valence-corrected chi connectivity index (χ4v) is 3.52. The number of amides is 1. The van der Waals surface area contributed by atoms with Gasteiger partial charge in [0.2, 0.25) is 12.7 Å². The standard InChI is InChI=1S/C19H18N4O4/c1-3-11-7-23-8-20-19-16(17(23)21-11)15(10(2)27-19)18(24)22-12-4-5-13-14(6-12)26-9-25-13/h4-6,8,11H,3,7,9H2,1-2H3,(H,22,24)/t11-/m1/s1. The van der Waals surface area contributed by atoms with Crippen LogP contribution in [0.5, 0.6) is 11.5 Å². The quantitative estimate of drug-likeness (QED) is 0.902. The van der Waals surface area contributed by atoms with Gasteiger partial charge in [-0.3, -0.25) is 9.79 Å². The van der Waals surface area contributed by atoms with Crippen LogP contribution in [0.1, 0.15) is 35.0 Å². The normalized spacial score (nSPS) is 19.0. The highest BCUT2D eigenvalue weighted by atomic mass is 16.7. The van der Waals surface area contributed by atoms with Crippen LogP contribution in [0.2, 0.25) is 0 Å². The van der Waals surface area contributed by atoms with Crippen molar-refractivity contribution in [1.82, 2.24) is 4.90 Å². The third kappa shape index (κ3) is 2.48. The van der Waals surface area contributed by atoms with Crippen molar-refractivity contribution in [3.8, 4) is 11.5 Å². The Morgan fingerprint density at radius 2 is 2.19 bits per heavy atom. The first-order valence-corrected chi connectivity index (χ1v) is 8.87. The Hall–Kier alpha value is -3.29. The van der Waals surface area contributed by atoms with E-state index in [4.69, 9.17) is 18.9 Å². The maximum atomic E-state index is 13.0. The third-order valence-corrected chi connectivity index (χ3v) is 4.92. The summed E-state index contributed by atoms with van der Waals surface area (Å²) in [4.78, 5) is 24.1. The number of benzene rings is 1. The number of carbonyl (C=O) groups is 1. The molecule has 27 heavy (non-hydrogen) atoms. The highest BCUT2D eigenvalue weighted by molar-refractivity contribution is 6.19. The van der Waals surface area contributed by atoms with E-state index in [-0.39, 0.29) is 18.7 Å². The molecule has 0 bridgehead atoms. The molecule has 0 saturated heterocycles. The predicted octanol–water partition coefficient (Wildman–Crippen LogP) is 3.08. The van der Waals surface area contributed by atoms with Crippen molar-refractivity contribution in [1.29, 1.82) is 0 Å². The average molecular weight is 366 g/mol. The average Bonchev–Trinajstić information content (AvgIpc) is 3.35. The monoisotopic (exact) mass is 366 g/mol. The molecule has 1 atom stereocenters. The summed E-state index contributed by atoms with van der Waals surface area (Å²) in [6.07, 6.45) is 2.65. The number of aliphatic imine (C=N–C) groups is 2. The lowest BCUT2D eigenvalue weighted by Crippen LogP contribution is -2.31. The molecule has 8 nitrogen and oxygen atoms in total. The van der Waals surface area contributed by atoms with Gasteiger partial charge in [0.05, 0.1) is 17.2 Å². The minimum Gasteiger partial charge on any atom is -0.454 e. The van der Waals surface area contributed by atoms with E-state index in [2.05, 4.69) is 17.2 Å². The van der Waals surface area contributed by atoms with E-state index in [0.29, 0.717) is 40.0 Å². The maximum absolute atomic E-state index is 13.0. The minimum absolute atomic E-state index is 0.188. The Balaban J connectivity index is 1.50. The molecule has 0 spiro atoms. The molecular formula is C19H18N4O4. The first-order valence-electron chi connectivity index (χ1n) is 8.87. The van der Waals surface area contributed by atoms with Crippen LogP contribution in [0.25, 0.3) is 0 Å². The first kappa shape index (κ1) is 15.9. The van der Waals surface area contributed by atoms with E-state index in [0.717, 1.165) is 18.8 Å². The molecule has 5 rings (SSSR count). The summed E-state index contributed by atoms with van der Waals surface area (Å²) in [5, 5.41) is 2.91. The number of carbonyl (C=O) groups excluding carboxylic acids is 1. The molecule has 0 unspecified atom stereocenters. The molecule has 0 radical (unpaired) electrons. The lowest BCUT2D eigenvalue weighted by atomic mass is 10.1. The first-order chi connectivity index (χ1) is 13.1. The van der Waals surface area contributed by atoms with Crippen LogP contribution in [0.3, 0.4) is 0 Å². The molecule has 0 fully saturated rings. The minimum atomic E-state index is -0.268. The number of fused-ring (bicyclic) bond motifs is 4. The van der Waals surface area contributed by atoms with Crippen LogP contribution in [-0.2, 0) is 0 Å². The van der Waals surface area contributed by atoms with Crippen LogP contribution in [0, 0.1) is 6.92 Å². The number of anilines is 1. The molecule has 1 aromatic carbocycles. The third-order valence-electron chi connectivity index (χ3n) is 4.92. The second-order valence-electron chi connectivity index (χ2n) is 6.65. The van der Waals surface area contributed by atoms with Gasteiger partial charge >= 0.3 is 0 Å². The molecule has 2 aromatic rings. The van der Waals surface area contributed by atoms with Crippen molar-refractivity contribution in [2.75, 3.05) is 18.7 Å². The Morgan fingerprint density at radius 1 is 1.33 bits per heavy atom. The molecule has 1 aromatic heterocycles.